The summed E-state index contributed by atoms with van der Waals surface area (Å²) in [5, 5.41) is 3.70. The van der Waals surface area contributed by atoms with E-state index in [0.717, 1.165) is 32.2 Å². The first-order valence-electron chi connectivity index (χ1n) is 11.3. The molecule has 0 unspecified atom stereocenters. The normalized spacial score (nSPS) is 22.1. The first kappa shape index (κ1) is 22.6. The maximum absolute atomic E-state index is 13.2. The van der Waals surface area contributed by atoms with Crippen LogP contribution in [0.4, 0.5) is 0 Å². The van der Waals surface area contributed by atoms with Crippen molar-refractivity contribution in [3.63, 3.8) is 0 Å². The van der Waals surface area contributed by atoms with Crippen LogP contribution in [0.1, 0.15) is 63.7 Å². The van der Waals surface area contributed by atoms with Crippen molar-refractivity contribution in [3.05, 3.63) is 29.8 Å². The van der Waals surface area contributed by atoms with Gasteiger partial charge in [0, 0.05) is 38.0 Å². The molecule has 0 saturated carbocycles. The van der Waals surface area contributed by atoms with Crippen LogP contribution in [-0.2, 0) is 4.79 Å². The van der Waals surface area contributed by atoms with Crippen molar-refractivity contribution in [3.8, 4) is 5.75 Å². The van der Waals surface area contributed by atoms with Gasteiger partial charge >= 0.3 is 0 Å². The molecule has 3 rings (SSSR count). The largest absolute Gasteiger partial charge is 0.497 e. The van der Waals surface area contributed by atoms with E-state index in [0.29, 0.717) is 36.2 Å². The highest BCUT2D eigenvalue weighted by Crippen LogP contribution is 2.35. The second kappa shape index (κ2) is 9.38. The average Bonchev–Trinajstić information content (AvgIpc) is 2.98. The first-order chi connectivity index (χ1) is 14.3. The lowest BCUT2D eigenvalue weighted by atomic mass is 9.94. The van der Waals surface area contributed by atoms with E-state index in [-0.39, 0.29) is 23.5 Å². The number of benzene rings is 1. The van der Waals surface area contributed by atoms with E-state index in [1.165, 1.54) is 0 Å². The average molecular weight is 416 g/mol. The molecule has 0 aliphatic carbocycles. The molecule has 0 bridgehead atoms. The zero-order valence-electron chi connectivity index (χ0n) is 19.1. The molecule has 30 heavy (non-hydrogen) atoms. The number of hydrogen-bond donors (Lipinski definition) is 1. The molecule has 6 nitrogen and oxygen atoms in total. The molecule has 2 saturated heterocycles. The van der Waals surface area contributed by atoms with E-state index in [9.17, 15) is 9.59 Å². The Morgan fingerprint density at radius 2 is 1.97 bits per heavy atom. The number of nitrogens with zero attached hydrogens (tertiary/aromatic N) is 2. The zero-order chi connectivity index (χ0) is 21.9. The molecule has 1 aromatic rings. The molecular formula is C24H37N3O3. The van der Waals surface area contributed by atoms with Gasteiger partial charge in [-0.3, -0.25) is 14.9 Å². The summed E-state index contributed by atoms with van der Waals surface area (Å²) < 4.78 is 5.26. The van der Waals surface area contributed by atoms with Gasteiger partial charge in [0.2, 0.25) is 5.91 Å². The maximum Gasteiger partial charge on any atom is 0.253 e. The molecule has 2 fully saturated rings. The predicted molar refractivity (Wildman–Crippen MR) is 118 cm³/mol. The number of ether oxygens (including phenoxy) is 1. The fourth-order valence-corrected chi connectivity index (χ4v) is 4.63. The van der Waals surface area contributed by atoms with Crippen LogP contribution in [0.25, 0.3) is 0 Å². The molecule has 1 N–H and O–H groups in total. The van der Waals surface area contributed by atoms with E-state index in [2.05, 4.69) is 37.9 Å². The smallest absolute Gasteiger partial charge is 0.253 e. The quantitative estimate of drug-likeness (QED) is 0.740. The van der Waals surface area contributed by atoms with Crippen LogP contribution in [0, 0.1) is 11.8 Å². The molecule has 166 valence electrons. The number of nitrogens with one attached hydrogen (secondary N) is 1. The molecule has 2 amide bonds. The highest BCUT2D eigenvalue weighted by Gasteiger charge is 2.51. The van der Waals surface area contributed by atoms with Gasteiger partial charge in [-0.05, 0) is 36.5 Å². The van der Waals surface area contributed by atoms with E-state index >= 15 is 0 Å². The van der Waals surface area contributed by atoms with E-state index in [4.69, 9.17) is 4.74 Å². The van der Waals surface area contributed by atoms with Gasteiger partial charge in [0.1, 0.15) is 5.75 Å². The van der Waals surface area contributed by atoms with Gasteiger partial charge in [0.15, 0.2) is 0 Å². The summed E-state index contributed by atoms with van der Waals surface area (Å²) in [6.45, 7) is 10.8. The number of rotatable bonds is 7. The first-order valence-corrected chi connectivity index (χ1v) is 11.3. The Hall–Kier alpha value is -2.08. The van der Waals surface area contributed by atoms with Crippen LogP contribution in [0.15, 0.2) is 24.3 Å². The lowest BCUT2D eigenvalue weighted by molar-refractivity contribution is -0.134. The van der Waals surface area contributed by atoms with Crippen LogP contribution in [0.5, 0.6) is 5.75 Å². The molecule has 1 spiro atoms. The summed E-state index contributed by atoms with van der Waals surface area (Å²) >= 11 is 0. The highest BCUT2D eigenvalue weighted by molar-refractivity contribution is 5.94. The third-order valence-electron chi connectivity index (χ3n) is 6.62. The van der Waals surface area contributed by atoms with Crippen LogP contribution in [0.2, 0.25) is 0 Å². The fourth-order valence-electron chi connectivity index (χ4n) is 4.63. The van der Waals surface area contributed by atoms with Gasteiger partial charge in [0.25, 0.3) is 5.91 Å². The minimum Gasteiger partial charge on any atom is -0.497 e. The Balaban J connectivity index is 1.74. The SMILES string of the molecule is CC[C@@H](C)CN1C(=O)[C@H](CC(C)C)NC12CCN(C(=O)c1cccc(OC)c1)CC2. The third kappa shape index (κ3) is 4.64. The van der Waals surface area contributed by atoms with Crippen molar-refractivity contribution in [1.29, 1.82) is 0 Å². The fraction of sp³-hybridized carbons (Fsp3) is 0.667. The van der Waals surface area contributed by atoms with Crippen molar-refractivity contribution in [2.75, 3.05) is 26.7 Å². The molecule has 6 heteroatoms. The summed E-state index contributed by atoms with van der Waals surface area (Å²) in [4.78, 5) is 30.3. The van der Waals surface area contributed by atoms with Gasteiger partial charge in [-0.2, -0.15) is 0 Å². The zero-order valence-corrected chi connectivity index (χ0v) is 19.1. The van der Waals surface area contributed by atoms with Gasteiger partial charge in [-0.1, -0.05) is 40.2 Å². The van der Waals surface area contributed by atoms with Crippen LogP contribution < -0.4 is 10.1 Å². The monoisotopic (exact) mass is 415 g/mol. The molecule has 0 radical (unpaired) electrons. The van der Waals surface area contributed by atoms with Crippen molar-refractivity contribution in [2.24, 2.45) is 11.8 Å². The number of amides is 2. The summed E-state index contributed by atoms with van der Waals surface area (Å²) in [5.41, 5.74) is 0.320. The molecule has 2 heterocycles. The summed E-state index contributed by atoms with van der Waals surface area (Å²) in [5.74, 6) is 1.87. The van der Waals surface area contributed by atoms with Crippen molar-refractivity contribution in [1.82, 2.24) is 15.1 Å². The molecule has 1 aromatic carbocycles. The lowest BCUT2D eigenvalue weighted by Gasteiger charge is -2.45. The summed E-state index contributed by atoms with van der Waals surface area (Å²) in [7, 11) is 1.61. The lowest BCUT2D eigenvalue weighted by Crippen LogP contribution is -2.60. The molecule has 2 aliphatic rings. The van der Waals surface area contributed by atoms with Crippen molar-refractivity contribution < 1.29 is 14.3 Å². The topological polar surface area (TPSA) is 61.9 Å². The Labute approximate surface area is 180 Å². The number of hydrogen-bond acceptors (Lipinski definition) is 4. The number of piperidine rings is 1. The Morgan fingerprint density at radius 3 is 2.57 bits per heavy atom. The summed E-state index contributed by atoms with van der Waals surface area (Å²) in [6.07, 6.45) is 3.43. The predicted octanol–water partition coefficient (Wildman–Crippen LogP) is 3.52. The van der Waals surface area contributed by atoms with Gasteiger partial charge in [0.05, 0.1) is 18.8 Å². The van der Waals surface area contributed by atoms with Crippen LogP contribution >= 0.6 is 0 Å². The molecular weight excluding hydrogens is 378 g/mol. The van der Waals surface area contributed by atoms with E-state index in [1.54, 1.807) is 13.2 Å². The van der Waals surface area contributed by atoms with Gasteiger partial charge < -0.3 is 14.5 Å². The Bertz CT molecular complexity index is 756. The molecule has 2 aliphatic heterocycles. The highest BCUT2D eigenvalue weighted by atomic mass is 16.5. The molecule has 0 aromatic heterocycles. The standard InChI is InChI=1S/C24H37N3O3/c1-6-18(4)16-27-23(29)21(14-17(2)3)25-24(27)10-12-26(13-11-24)22(28)19-8-7-9-20(15-19)30-5/h7-9,15,17-18,21,25H,6,10-14,16H2,1-5H3/t18-,21+/m1/s1. The minimum absolute atomic E-state index is 0.0280. The Morgan fingerprint density at radius 1 is 1.27 bits per heavy atom. The number of likely N-dealkylation sites (tertiary alicyclic amines) is 1. The van der Waals surface area contributed by atoms with Crippen LogP contribution in [0.3, 0.4) is 0 Å². The molecule has 2 atom stereocenters. The number of methoxy groups -OCH3 is 1. The van der Waals surface area contributed by atoms with Gasteiger partial charge in [-0.25, -0.2) is 0 Å². The third-order valence-corrected chi connectivity index (χ3v) is 6.62. The van der Waals surface area contributed by atoms with E-state index < -0.39 is 0 Å². The van der Waals surface area contributed by atoms with Crippen molar-refractivity contribution >= 4 is 11.8 Å². The number of carbonyl (C=O) groups is 2. The van der Waals surface area contributed by atoms with E-state index in [1.807, 2.05) is 23.1 Å². The minimum atomic E-state index is -0.328. The Kier molecular flexibility index (Phi) is 7.06. The number of carbonyl (C=O) groups excluding carboxylic acids is 2. The second-order valence-electron chi connectivity index (χ2n) is 9.34. The summed E-state index contributed by atoms with van der Waals surface area (Å²) in [6, 6.07) is 7.20. The van der Waals surface area contributed by atoms with Crippen LogP contribution in [-0.4, -0.2) is 60.1 Å². The maximum atomic E-state index is 13.2. The van der Waals surface area contributed by atoms with Crippen molar-refractivity contribution in [2.45, 2.75) is 65.1 Å². The van der Waals surface area contributed by atoms with Gasteiger partial charge in [-0.15, -0.1) is 0 Å². The second-order valence-corrected chi connectivity index (χ2v) is 9.34.